The van der Waals surface area contributed by atoms with E-state index in [2.05, 4.69) is 5.48 Å². The summed E-state index contributed by atoms with van der Waals surface area (Å²) in [5.74, 6) is 0.565. The highest BCUT2D eigenvalue weighted by molar-refractivity contribution is 6.32. The number of carbonyl (C=O) groups excluding carboxylic acids is 1. The molecule has 0 atom stereocenters. The van der Waals surface area contributed by atoms with Crippen LogP contribution in [0.5, 0.6) is 11.5 Å². The Labute approximate surface area is 116 Å². The van der Waals surface area contributed by atoms with Crippen LogP contribution in [0.1, 0.15) is 31.1 Å². The first-order valence-corrected chi connectivity index (χ1v) is 6.32. The number of hydroxylamine groups is 1. The number of halogens is 1. The Morgan fingerprint density at radius 3 is 2.68 bits per heavy atom. The fourth-order valence-corrected chi connectivity index (χ4v) is 1.77. The van der Waals surface area contributed by atoms with Gasteiger partial charge in [-0.25, -0.2) is 5.48 Å². The molecule has 1 aromatic carbocycles. The van der Waals surface area contributed by atoms with Gasteiger partial charge in [-0.3, -0.25) is 9.63 Å². The van der Waals surface area contributed by atoms with Crippen LogP contribution >= 0.6 is 11.6 Å². The number of fused-ring (bicyclic) bond motifs is 1. The van der Waals surface area contributed by atoms with E-state index in [4.69, 9.17) is 25.9 Å². The minimum atomic E-state index is -0.465. The Morgan fingerprint density at radius 2 is 2.00 bits per heavy atom. The first-order valence-electron chi connectivity index (χ1n) is 5.94. The highest BCUT2D eigenvalue weighted by Gasteiger charge is 2.20. The summed E-state index contributed by atoms with van der Waals surface area (Å²) in [6.07, 6.45) is 0. The normalized spacial score (nSPS) is 14.1. The van der Waals surface area contributed by atoms with Gasteiger partial charge in [0.05, 0.1) is 10.6 Å². The first kappa shape index (κ1) is 14.0. The summed E-state index contributed by atoms with van der Waals surface area (Å²) in [5, 5.41) is 0.345. The van der Waals surface area contributed by atoms with E-state index in [1.165, 1.54) is 6.07 Å². The predicted molar refractivity (Wildman–Crippen MR) is 70.7 cm³/mol. The van der Waals surface area contributed by atoms with Crippen LogP contribution < -0.4 is 15.0 Å². The van der Waals surface area contributed by atoms with Gasteiger partial charge in [0.15, 0.2) is 11.5 Å². The number of benzene rings is 1. The van der Waals surface area contributed by atoms with E-state index in [1.54, 1.807) is 6.07 Å². The maximum Gasteiger partial charge on any atom is 0.275 e. The van der Waals surface area contributed by atoms with Crippen molar-refractivity contribution in [2.45, 2.75) is 26.4 Å². The molecular formula is C13H16ClNO4. The van der Waals surface area contributed by atoms with Crippen LogP contribution in [0.25, 0.3) is 0 Å². The van der Waals surface area contributed by atoms with E-state index >= 15 is 0 Å². The van der Waals surface area contributed by atoms with Gasteiger partial charge in [0.25, 0.3) is 5.91 Å². The SMILES string of the molecule is CC(C)(C)ONC(=O)c1cc(Cl)c2c(c1)OCCO2. The molecule has 1 aromatic rings. The van der Waals surface area contributed by atoms with E-state index in [0.29, 0.717) is 35.3 Å². The molecule has 0 saturated heterocycles. The molecule has 0 fully saturated rings. The van der Waals surface area contributed by atoms with Crippen molar-refractivity contribution in [3.8, 4) is 11.5 Å². The average Bonchev–Trinajstić information content (AvgIpc) is 2.35. The molecular weight excluding hydrogens is 270 g/mol. The molecule has 1 aliphatic rings. The van der Waals surface area contributed by atoms with Crippen molar-refractivity contribution in [1.82, 2.24) is 5.48 Å². The third-order valence-corrected chi connectivity index (χ3v) is 2.59. The molecule has 0 radical (unpaired) electrons. The number of ether oxygens (including phenoxy) is 2. The highest BCUT2D eigenvalue weighted by atomic mass is 35.5. The van der Waals surface area contributed by atoms with Gasteiger partial charge in [0.1, 0.15) is 13.2 Å². The van der Waals surface area contributed by atoms with E-state index in [-0.39, 0.29) is 5.91 Å². The summed E-state index contributed by atoms with van der Waals surface area (Å²) < 4.78 is 10.8. The summed E-state index contributed by atoms with van der Waals surface area (Å²) in [4.78, 5) is 17.2. The number of nitrogens with one attached hydrogen (secondary N) is 1. The molecule has 0 spiro atoms. The third kappa shape index (κ3) is 3.52. The van der Waals surface area contributed by atoms with Crippen molar-refractivity contribution < 1.29 is 19.1 Å². The Hall–Kier alpha value is -1.46. The van der Waals surface area contributed by atoms with Gasteiger partial charge in [-0.05, 0) is 32.9 Å². The second kappa shape index (κ2) is 5.27. The molecule has 2 rings (SSSR count). The number of hydrogen-bond acceptors (Lipinski definition) is 4. The van der Waals surface area contributed by atoms with E-state index in [0.717, 1.165) is 0 Å². The van der Waals surface area contributed by atoms with Gasteiger partial charge >= 0.3 is 0 Å². The molecule has 1 amide bonds. The quantitative estimate of drug-likeness (QED) is 0.849. The van der Waals surface area contributed by atoms with E-state index in [9.17, 15) is 4.79 Å². The van der Waals surface area contributed by atoms with Gasteiger partial charge in [-0.1, -0.05) is 11.6 Å². The lowest BCUT2D eigenvalue weighted by atomic mass is 10.2. The number of rotatable bonds is 2. The van der Waals surface area contributed by atoms with Crippen molar-refractivity contribution in [1.29, 1.82) is 0 Å². The van der Waals surface area contributed by atoms with Gasteiger partial charge in [-0.15, -0.1) is 0 Å². The minimum Gasteiger partial charge on any atom is -0.486 e. The maximum absolute atomic E-state index is 11.9. The monoisotopic (exact) mass is 285 g/mol. The third-order valence-electron chi connectivity index (χ3n) is 2.31. The molecule has 1 heterocycles. The van der Waals surface area contributed by atoms with Gasteiger partial charge < -0.3 is 9.47 Å². The molecule has 1 aliphatic heterocycles. The van der Waals surface area contributed by atoms with E-state index < -0.39 is 5.60 Å². The molecule has 0 bridgehead atoms. The predicted octanol–water partition coefficient (Wildman–Crippen LogP) is 2.57. The molecule has 19 heavy (non-hydrogen) atoms. The summed E-state index contributed by atoms with van der Waals surface area (Å²) in [5.41, 5.74) is 2.27. The van der Waals surface area contributed by atoms with Crippen molar-refractivity contribution in [2.24, 2.45) is 0 Å². The zero-order valence-corrected chi connectivity index (χ0v) is 11.8. The fourth-order valence-electron chi connectivity index (χ4n) is 1.50. The average molecular weight is 286 g/mol. The lowest BCUT2D eigenvalue weighted by Crippen LogP contribution is -2.33. The topological polar surface area (TPSA) is 56.8 Å². The summed E-state index contributed by atoms with van der Waals surface area (Å²) in [7, 11) is 0. The molecule has 6 heteroatoms. The minimum absolute atomic E-state index is 0.345. The van der Waals surface area contributed by atoms with Gasteiger partial charge in [0, 0.05) is 5.56 Å². The van der Waals surface area contributed by atoms with Crippen LogP contribution in [0.3, 0.4) is 0 Å². The van der Waals surface area contributed by atoms with Crippen LogP contribution in [-0.4, -0.2) is 24.7 Å². The summed E-state index contributed by atoms with van der Waals surface area (Å²) in [6.45, 7) is 6.40. The van der Waals surface area contributed by atoms with Gasteiger partial charge in [0.2, 0.25) is 0 Å². The van der Waals surface area contributed by atoms with Crippen LogP contribution in [-0.2, 0) is 4.84 Å². The Kier molecular flexibility index (Phi) is 3.87. The standard InChI is InChI=1S/C13H16ClNO4/c1-13(2,3)19-15-12(16)8-6-9(14)11-10(7-8)17-4-5-18-11/h6-7H,4-5H2,1-3H3,(H,15,16). The molecule has 0 saturated carbocycles. The fraction of sp³-hybridized carbons (Fsp3) is 0.462. The molecule has 104 valence electrons. The Balaban J connectivity index is 2.16. The van der Waals surface area contributed by atoms with Crippen LogP contribution in [0.2, 0.25) is 5.02 Å². The summed E-state index contributed by atoms with van der Waals surface area (Å²) in [6, 6.07) is 3.11. The molecule has 0 unspecified atom stereocenters. The van der Waals surface area contributed by atoms with Crippen molar-refractivity contribution in [3.63, 3.8) is 0 Å². The maximum atomic E-state index is 11.9. The number of hydrogen-bond donors (Lipinski definition) is 1. The first-order chi connectivity index (χ1) is 8.87. The van der Waals surface area contributed by atoms with E-state index in [1.807, 2.05) is 20.8 Å². The Bertz CT molecular complexity index is 496. The van der Waals surface area contributed by atoms with Crippen molar-refractivity contribution in [3.05, 3.63) is 22.7 Å². The molecule has 0 aromatic heterocycles. The van der Waals surface area contributed by atoms with Crippen molar-refractivity contribution in [2.75, 3.05) is 13.2 Å². The lowest BCUT2D eigenvalue weighted by Gasteiger charge is -2.21. The lowest BCUT2D eigenvalue weighted by molar-refractivity contribution is -0.0589. The van der Waals surface area contributed by atoms with Crippen molar-refractivity contribution >= 4 is 17.5 Å². The number of carbonyl (C=O) groups is 1. The van der Waals surface area contributed by atoms with Crippen LogP contribution in [0.15, 0.2) is 12.1 Å². The zero-order chi connectivity index (χ0) is 14.0. The second-order valence-corrected chi connectivity index (χ2v) is 5.54. The highest BCUT2D eigenvalue weighted by Crippen LogP contribution is 2.38. The zero-order valence-electron chi connectivity index (χ0n) is 11.1. The summed E-state index contributed by atoms with van der Waals surface area (Å²) >= 11 is 6.06. The van der Waals surface area contributed by atoms with Crippen LogP contribution in [0.4, 0.5) is 0 Å². The Morgan fingerprint density at radius 1 is 1.32 bits per heavy atom. The molecule has 1 N–H and O–H groups in total. The molecule has 0 aliphatic carbocycles. The molecule has 5 nitrogen and oxygen atoms in total. The smallest absolute Gasteiger partial charge is 0.275 e. The largest absolute Gasteiger partial charge is 0.486 e. The second-order valence-electron chi connectivity index (χ2n) is 5.13. The van der Waals surface area contributed by atoms with Gasteiger partial charge in [-0.2, -0.15) is 0 Å². The van der Waals surface area contributed by atoms with Crippen LogP contribution in [0, 0.1) is 0 Å². The number of amides is 1.